The SMILES string of the molecule is Cc1ncsc1C(=O)N1CCC(c2nc(C3CC(=O)N(C)C3)cc(N(C)C)n2)CC1. The number of anilines is 1. The zero-order valence-electron chi connectivity index (χ0n) is 18.0. The highest BCUT2D eigenvalue weighted by Gasteiger charge is 2.32. The summed E-state index contributed by atoms with van der Waals surface area (Å²) in [6.45, 7) is 3.96. The lowest BCUT2D eigenvalue weighted by molar-refractivity contribution is -0.126. The molecule has 2 aromatic rings. The maximum atomic E-state index is 12.8. The second-order valence-corrected chi connectivity index (χ2v) is 9.27. The fourth-order valence-electron chi connectivity index (χ4n) is 4.15. The standard InChI is InChI=1S/C21H28N6O2S/c1-13-19(30-12-22-13)21(29)27-7-5-14(6-8-27)20-23-16(10-17(24-20)25(2)3)15-9-18(28)26(4)11-15/h10,12,14-15H,5-9,11H2,1-4H3. The van der Waals surface area contributed by atoms with Gasteiger partial charge in [-0.3, -0.25) is 9.59 Å². The average Bonchev–Trinajstić information content (AvgIpc) is 3.32. The fraction of sp³-hybridized carbons (Fsp3) is 0.571. The normalized spacial score (nSPS) is 20.1. The molecule has 0 aromatic carbocycles. The van der Waals surface area contributed by atoms with Gasteiger partial charge < -0.3 is 14.7 Å². The number of rotatable bonds is 4. The number of carbonyl (C=O) groups is 2. The van der Waals surface area contributed by atoms with Crippen LogP contribution in [0.2, 0.25) is 0 Å². The number of likely N-dealkylation sites (N-methyl/N-ethyl adjacent to an activating group) is 1. The van der Waals surface area contributed by atoms with Gasteiger partial charge in [-0.25, -0.2) is 15.0 Å². The molecule has 4 heterocycles. The number of likely N-dealkylation sites (tertiary alicyclic amines) is 2. The van der Waals surface area contributed by atoms with Crippen molar-refractivity contribution in [3.63, 3.8) is 0 Å². The van der Waals surface area contributed by atoms with Crippen LogP contribution in [0, 0.1) is 6.92 Å². The first-order valence-corrected chi connectivity index (χ1v) is 11.2. The molecule has 1 unspecified atom stereocenters. The molecule has 2 fully saturated rings. The summed E-state index contributed by atoms with van der Waals surface area (Å²) >= 11 is 1.41. The molecule has 0 bridgehead atoms. The second-order valence-electron chi connectivity index (χ2n) is 8.41. The summed E-state index contributed by atoms with van der Waals surface area (Å²) in [5.41, 5.74) is 3.47. The molecule has 0 radical (unpaired) electrons. The quantitative estimate of drug-likeness (QED) is 0.743. The smallest absolute Gasteiger partial charge is 0.265 e. The van der Waals surface area contributed by atoms with Gasteiger partial charge in [0.2, 0.25) is 5.91 Å². The fourth-order valence-corrected chi connectivity index (χ4v) is 4.91. The van der Waals surface area contributed by atoms with Crippen LogP contribution in [0.1, 0.15) is 58.0 Å². The molecule has 0 saturated carbocycles. The summed E-state index contributed by atoms with van der Waals surface area (Å²) in [4.78, 5) is 45.1. The molecule has 2 aliphatic heterocycles. The Bertz CT molecular complexity index is 951. The first-order valence-electron chi connectivity index (χ1n) is 10.3. The van der Waals surface area contributed by atoms with E-state index in [0.717, 1.165) is 40.7 Å². The van der Waals surface area contributed by atoms with Crippen molar-refractivity contribution in [2.24, 2.45) is 0 Å². The Balaban J connectivity index is 1.51. The summed E-state index contributed by atoms with van der Waals surface area (Å²) in [7, 11) is 5.79. The summed E-state index contributed by atoms with van der Waals surface area (Å²) < 4.78 is 0. The van der Waals surface area contributed by atoms with Crippen LogP contribution in [0.15, 0.2) is 11.6 Å². The van der Waals surface area contributed by atoms with Crippen molar-refractivity contribution in [1.82, 2.24) is 24.8 Å². The number of amides is 2. The molecule has 160 valence electrons. The molecule has 2 saturated heterocycles. The molecule has 9 heteroatoms. The Labute approximate surface area is 180 Å². The van der Waals surface area contributed by atoms with Crippen LogP contribution in [0.4, 0.5) is 5.82 Å². The Morgan fingerprint density at radius 2 is 1.93 bits per heavy atom. The molecule has 2 amide bonds. The van der Waals surface area contributed by atoms with Crippen LogP contribution in [0.3, 0.4) is 0 Å². The van der Waals surface area contributed by atoms with Gasteiger partial charge in [0.25, 0.3) is 5.91 Å². The zero-order valence-corrected chi connectivity index (χ0v) is 18.8. The lowest BCUT2D eigenvalue weighted by atomic mass is 9.95. The topological polar surface area (TPSA) is 82.5 Å². The summed E-state index contributed by atoms with van der Waals surface area (Å²) in [6, 6.07) is 2.01. The third-order valence-electron chi connectivity index (χ3n) is 6.05. The van der Waals surface area contributed by atoms with Gasteiger partial charge in [0.15, 0.2) is 0 Å². The van der Waals surface area contributed by atoms with E-state index in [4.69, 9.17) is 9.97 Å². The van der Waals surface area contributed by atoms with Gasteiger partial charge in [0, 0.05) is 65.1 Å². The molecular weight excluding hydrogens is 400 g/mol. The highest BCUT2D eigenvalue weighted by Crippen LogP contribution is 2.32. The Hall–Kier alpha value is -2.55. The summed E-state index contributed by atoms with van der Waals surface area (Å²) in [5, 5.41) is 0. The number of aromatic nitrogens is 3. The molecule has 0 N–H and O–H groups in total. The number of hydrogen-bond donors (Lipinski definition) is 0. The first kappa shape index (κ1) is 20.7. The maximum Gasteiger partial charge on any atom is 0.265 e. The van der Waals surface area contributed by atoms with Crippen LogP contribution in [0.25, 0.3) is 0 Å². The van der Waals surface area contributed by atoms with E-state index in [0.29, 0.717) is 26.1 Å². The van der Waals surface area contributed by atoms with E-state index in [1.54, 1.807) is 10.4 Å². The van der Waals surface area contributed by atoms with E-state index >= 15 is 0 Å². The number of aryl methyl sites for hydroxylation is 1. The minimum absolute atomic E-state index is 0.0737. The molecule has 8 nitrogen and oxygen atoms in total. The van der Waals surface area contributed by atoms with Gasteiger partial charge in [-0.15, -0.1) is 11.3 Å². The monoisotopic (exact) mass is 428 g/mol. The van der Waals surface area contributed by atoms with Crippen molar-refractivity contribution >= 4 is 29.0 Å². The third kappa shape index (κ3) is 4.03. The number of nitrogens with zero attached hydrogens (tertiary/aromatic N) is 6. The molecule has 0 spiro atoms. The van der Waals surface area contributed by atoms with Crippen molar-refractivity contribution in [1.29, 1.82) is 0 Å². The molecule has 2 aromatic heterocycles. The van der Waals surface area contributed by atoms with E-state index < -0.39 is 0 Å². The van der Waals surface area contributed by atoms with Crippen LogP contribution >= 0.6 is 11.3 Å². The molecule has 1 atom stereocenters. The molecular formula is C21H28N6O2S. The third-order valence-corrected chi connectivity index (χ3v) is 6.97. The van der Waals surface area contributed by atoms with E-state index in [1.807, 2.05) is 43.9 Å². The van der Waals surface area contributed by atoms with Gasteiger partial charge in [-0.1, -0.05) is 0 Å². The minimum Gasteiger partial charge on any atom is -0.363 e. The Morgan fingerprint density at radius 3 is 2.50 bits per heavy atom. The highest BCUT2D eigenvalue weighted by molar-refractivity contribution is 7.11. The van der Waals surface area contributed by atoms with E-state index in [9.17, 15) is 9.59 Å². The average molecular weight is 429 g/mol. The lowest BCUT2D eigenvalue weighted by Gasteiger charge is -2.31. The minimum atomic E-state index is 0.0737. The molecule has 0 aliphatic carbocycles. The van der Waals surface area contributed by atoms with Crippen LogP contribution in [0.5, 0.6) is 0 Å². The molecule has 4 rings (SSSR count). The number of carbonyl (C=O) groups excluding carboxylic acids is 2. The molecule has 2 aliphatic rings. The zero-order chi connectivity index (χ0) is 21.4. The van der Waals surface area contributed by atoms with Crippen molar-refractivity contribution in [3.05, 3.63) is 33.7 Å². The van der Waals surface area contributed by atoms with Crippen molar-refractivity contribution in [2.75, 3.05) is 45.7 Å². The largest absolute Gasteiger partial charge is 0.363 e. The van der Waals surface area contributed by atoms with Gasteiger partial charge in [-0.05, 0) is 19.8 Å². The first-order chi connectivity index (χ1) is 14.3. The number of piperidine rings is 1. The van der Waals surface area contributed by atoms with E-state index in [2.05, 4.69) is 4.98 Å². The van der Waals surface area contributed by atoms with Gasteiger partial charge in [-0.2, -0.15) is 0 Å². The maximum absolute atomic E-state index is 12.8. The second kappa shape index (κ2) is 8.29. The van der Waals surface area contributed by atoms with Crippen LogP contribution in [-0.2, 0) is 4.79 Å². The van der Waals surface area contributed by atoms with Crippen LogP contribution < -0.4 is 4.90 Å². The van der Waals surface area contributed by atoms with Crippen molar-refractivity contribution in [2.45, 2.75) is 38.0 Å². The number of thiazole rings is 1. The van der Waals surface area contributed by atoms with Crippen LogP contribution in [-0.4, -0.2) is 77.3 Å². The Morgan fingerprint density at radius 1 is 1.20 bits per heavy atom. The predicted octanol–water partition coefficient (Wildman–Crippen LogP) is 2.27. The molecule has 30 heavy (non-hydrogen) atoms. The van der Waals surface area contributed by atoms with E-state index in [-0.39, 0.29) is 23.7 Å². The van der Waals surface area contributed by atoms with E-state index in [1.165, 1.54) is 11.3 Å². The highest BCUT2D eigenvalue weighted by atomic mass is 32.1. The predicted molar refractivity (Wildman–Crippen MR) is 116 cm³/mol. The van der Waals surface area contributed by atoms with Gasteiger partial charge >= 0.3 is 0 Å². The van der Waals surface area contributed by atoms with Crippen molar-refractivity contribution in [3.8, 4) is 0 Å². The Kier molecular flexibility index (Phi) is 5.73. The van der Waals surface area contributed by atoms with Gasteiger partial charge in [0.05, 0.1) is 16.9 Å². The number of hydrogen-bond acceptors (Lipinski definition) is 7. The lowest BCUT2D eigenvalue weighted by Crippen LogP contribution is -2.38. The van der Waals surface area contributed by atoms with Gasteiger partial charge in [0.1, 0.15) is 16.5 Å². The summed E-state index contributed by atoms with van der Waals surface area (Å²) in [5.74, 6) is 2.26. The summed E-state index contributed by atoms with van der Waals surface area (Å²) in [6.07, 6.45) is 2.17. The van der Waals surface area contributed by atoms with Crippen molar-refractivity contribution < 1.29 is 9.59 Å².